The molecule has 0 spiro atoms. The highest BCUT2D eigenvalue weighted by Gasteiger charge is 2.03. The summed E-state index contributed by atoms with van der Waals surface area (Å²) in [7, 11) is 0. The van der Waals surface area contributed by atoms with Gasteiger partial charge in [0, 0.05) is 30.2 Å². The van der Waals surface area contributed by atoms with Crippen LogP contribution in [0, 0.1) is 0 Å². The van der Waals surface area contributed by atoms with E-state index >= 15 is 0 Å². The summed E-state index contributed by atoms with van der Waals surface area (Å²) in [4.78, 5) is 15.4. The van der Waals surface area contributed by atoms with Gasteiger partial charge in [-0.25, -0.2) is 4.98 Å². The van der Waals surface area contributed by atoms with Crippen molar-refractivity contribution in [1.82, 2.24) is 10.3 Å². The highest BCUT2D eigenvalue weighted by atomic mass is 79.9. The Balaban J connectivity index is 2.33. The van der Waals surface area contributed by atoms with Gasteiger partial charge in [-0.2, -0.15) is 0 Å². The lowest BCUT2D eigenvalue weighted by molar-refractivity contribution is -0.120. The zero-order chi connectivity index (χ0) is 12.7. The third-order valence-electron chi connectivity index (χ3n) is 2.10. The van der Waals surface area contributed by atoms with Gasteiger partial charge in [0.2, 0.25) is 5.91 Å². The highest BCUT2D eigenvalue weighted by Crippen LogP contribution is 2.19. The van der Waals surface area contributed by atoms with Crippen molar-refractivity contribution in [2.24, 2.45) is 0 Å². The largest absolute Gasteiger partial charge is 0.396 e. The zero-order valence-electron chi connectivity index (χ0n) is 9.79. The number of halogens is 1. The topological polar surface area (TPSA) is 80.0 Å². The fourth-order valence-electron chi connectivity index (χ4n) is 1.25. The van der Waals surface area contributed by atoms with Gasteiger partial charge in [-0.1, -0.05) is 6.92 Å². The maximum Gasteiger partial charge on any atom is 0.221 e. The predicted molar refractivity (Wildman–Crippen MR) is 72.8 cm³/mol. The van der Waals surface area contributed by atoms with Crippen LogP contribution in [-0.4, -0.2) is 24.0 Å². The van der Waals surface area contributed by atoms with E-state index in [2.05, 4.69) is 31.5 Å². The van der Waals surface area contributed by atoms with Gasteiger partial charge in [0.25, 0.3) is 0 Å². The van der Waals surface area contributed by atoms with Crippen LogP contribution in [-0.2, 0) is 4.79 Å². The fraction of sp³-hybridized carbons (Fsp3) is 0.455. The van der Waals surface area contributed by atoms with Crippen LogP contribution in [0.1, 0.15) is 19.8 Å². The summed E-state index contributed by atoms with van der Waals surface area (Å²) >= 11 is 3.28. The zero-order valence-corrected chi connectivity index (χ0v) is 11.4. The van der Waals surface area contributed by atoms with Gasteiger partial charge in [-0.3, -0.25) is 4.79 Å². The van der Waals surface area contributed by atoms with E-state index in [-0.39, 0.29) is 5.91 Å². The molecule has 4 N–H and O–H groups in total. The summed E-state index contributed by atoms with van der Waals surface area (Å²) in [5, 5.41) is 5.83. The molecule has 1 heterocycles. The number of nitrogens with zero attached hydrogens (tertiary/aromatic N) is 1. The van der Waals surface area contributed by atoms with E-state index < -0.39 is 0 Å². The van der Waals surface area contributed by atoms with Crippen LogP contribution in [0.3, 0.4) is 0 Å². The molecular formula is C11H17BrN4O. The van der Waals surface area contributed by atoms with Gasteiger partial charge in [0.1, 0.15) is 5.82 Å². The van der Waals surface area contributed by atoms with Gasteiger partial charge < -0.3 is 16.4 Å². The number of hydrogen-bond donors (Lipinski definition) is 3. The average molecular weight is 301 g/mol. The second kappa shape index (κ2) is 7.11. The maximum atomic E-state index is 11.3. The number of rotatable bonds is 6. The van der Waals surface area contributed by atoms with Crippen molar-refractivity contribution in [2.45, 2.75) is 19.8 Å². The molecule has 1 rings (SSSR count). The van der Waals surface area contributed by atoms with E-state index in [9.17, 15) is 4.79 Å². The van der Waals surface area contributed by atoms with Gasteiger partial charge >= 0.3 is 0 Å². The SMILES string of the molecule is CCCNC(=O)CCNc1ncc(Br)cc1N. The number of hydrogen-bond acceptors (Lipinski definition) is 4. The van der Waals surface area contributed by atoms with Crippen LogP contribution in [0.15, 0.2) is 16.7 Å². The van der Waals surface area contributed by atoms with Crippen LogP contribution in [0.5, 0.6) is 0 Å². The molecule has 0 saturated carbocycles. The Morgan fingerprint density at radius 2 is 2.29 bits per heavy atom. The summed E-state index contributed by atoms with van der Waals surface area (Å²) in [5.74, 6) is 0.645. The third kappa shape index (κ3) is 5.04. The van der Waals surface area contributed by atoms with Crippen LogP contribution < -0.4 is 16.4 Å². The number of aromatic nitrogens is 1. The highest BCUT2D eigenvalue weighted by molar-refractivity contribution is 9.10. The number of carbonyl (C=O) groups excluding carboxylic acids is 1. The molecule has 0 bridgehead atoms. The Bertz CT molecular complexity index is 384. The summed E-state index contributed by atoms with van der Waals surface area (Å²) in [6.07, 6.45) is 3.02. The third-order valence-corrected chi connectivity index (χ3v) is 2.53. The molecule has 0 saturated heterocycles. The van der Waals surface area contributed by atoms with Crippen molar-refractivity contribution in [3.8, 4) is 0 Å². The first kappa shape index (κ1) is 13.8. The Morgan fingerprint density at radius 3 is 2.94 bits per heavy atom. The van der Waals surface area contributed by atoms with Crippen LogP contribution in [0.25, 0.3) is 0 Å². The minimum absolute atomic E-state index is 0.0371. The smallest absolute Gasteiger partial charge is 0.221 e. The second-order valence-electron chi connectivity index (χ2n) is 3.62. The maximum absolute atomic E-state index is 11.3. The van der Waals surface area contributed by atoms with Gasteiger partial charge in [0.15, 0.2) is 0 Å². The summed E-state index contributed by atoms with van der Waals surface area (Å²) in [6, 6.07) is 1.77. The molecule has 6 heteroatoms. The molecule has 1 aromatic rings. The van der Waals surface area contributed by atoms with Gasteiger partial charge in [-0.05, 0) is 28.4 Å². The molecule has 0 radical (unpaired) electrons. The number of nitrogens with two attached hydrogens (primary N) is 1. The first-order valence-electron chi connectivity index (χ1n) is 5.55. The second-order valence-corrected chi connectivity index (χ2v) is 4.53. The Labute approximate surface area is 109 Å². The lowest BCUT2D eigenvalue weighted by atomic mass is 10.3. The number of carbonyl (C=O) groups is 1. The van der Waals surface area contributed by atoms with E-state index in [1.165, 1.54) is 0 Å². The Kier molecular flexibility index (Phi) is 5.76. The normalized spacial score (nSPS) is 10.0. The first-order valence-corrected chi connectivity index (χ1v) is 6.34. The molecule has 5 nitrogen and oxygen atoms in total. The quantitative estimate of drug-likeness (QED) is 0.748. The average Bonchev–Trinajstić information content (AvgIpc) is 2.29. The minimum atomic E-state index is 0.0371. The summed E-state index contributed by atoms with van der Waals surface area (Å²) in [6.45, 7) is 3.26. The molecular weight excluding hydrogens is 284 g/mol. The van der Waals surface area contributed by atoms with E-state index in [1.807, 2.05) is 6.92 Å². The van der Waals surface area contributed by atoms with Crippen molar-refractivity contribution >= 4 is 33.3 Å². The molecule has 0 aliphatic heterocycles. The van der Waals surface area contributed by atoms with Crippen molar-refractivity contribution in [3.05, 3.63) is 16.7 Å². The van der Waals surface area contributed by atoms with Crippen LogP contribution in [0.2, 0.25) is 0 Å². The molecule has 94 valence electrons. The van der Waals surface area contributed by atoms with Crippen molar-refractivity contribution in [1.29, 1.82) is 0 Å². The lowest BCUT2D eigenvalue weighted by Crippen LogP contribution is -2.26. The summed E-state index contributed by atoms with van der Waals surface area (Å²) in [5.41, 5.74) is 6.33. The number of nitrogens with one attached hydrogen (secondary N) is 2. The van der Waals surface area contributed by atoms with Crippen LogP contribution >= 0.6 is 15.9 Å². The van der Waals surface area contributed by atoms with E-state index in [1.54, 1.807) is 12.3 Å². The number of amides is 1. The van der Waals surface area contributed by atoms with Crippen molar-refractivity contribution in [3.63, 3.8) is 0 Å². The van der Waals surface area contributed by atoms with Gasteiger partial charge in [0.05, 0.1) is 5.69 Å². The van der Waals surface area contributed by atoms with E-state index in [0.717, 1.165) is 17.4 Å². The molecule has 0 unspecified atom stereocenters. The number of pyridine rings is 1. The number of anilines is 2. The standard InChI is InChI=1S/C11H17BrN4O/c1-2-4-14-10(17)3-5-15-11-9(13)6-8(12)7-16-11/h6-7H,2-5,13H2,1H3,(H,14,17)(H,15,16). The summed E-state index contributed by atoms with van der Waals surface area (Å²) < 4.78 is 0.834. The predicted octanol–water partition coefficient (Wildman–Crippen LogP) is 1.75. The molecule has 0 atom stereocenters. The molecule has 17 heavy (non-hydrogen) atoms. The monoisotopic (exact) mass is 300 g/mol. The first-order chi connectivity index (χ1) is 8.13. The lowest BCUT2D eigenvalue weighted by Gasteiger charge is -2.08. The van der Waals surface area contributed by atoms with E-state index in [0.29, 0.717) is 24.5 Å². The molecule has 1 amide bonds. The van der Waals surface area contributed by atoms with Crippen molar-refractivity contribution < 1.29 is 4.79 Å². The fourth-order valence-corrected chi connectivity index (χ4v) is 1.60. The molecule has 0 aliphatic carbocycles. The molecule has 0 aliphatic rings. The van der Waals surface area contributed by atoms with Crippen LogP contribution in [0.4, 0.5) is 11.5 Å². The van der Waals surface area contributed by atoms with Gasteiger partial charge in [-0.15, -0.1) is 0 Å². The molecule has 1 aromatic heterocycles. The number of nitrogen functional groups attached to an aromatic ring is 1. The Morgan fingerprint density at radius 1 is 1.53 bits per heavy atom. The van der Waals surface area contributed by atoms with Crippen molar-refractivity contribution in [2.75, 3.05) is 24.1 Å². The Hall–Kier alpha value is -1.30. The minimum Gasteiger partial charge on any atom is -0.396 e. The molecule has 0 aromatic carbocycles. The van der Waals surface area contributed by atoms with E-state index in [4.69, 9.17) is 5.73 Å². The molecule has 0 fully saturated rings.